The molecule has 2 rings (SSSR count). The standard InChI is InChI=1S/C15H15FN2O2/c1-20-14(10-6-3-2-4-7-10)15(19)18-13-11(16)8-5-9-12(13)17/h2-9,14H,17H2,1H3,(H,18,19). The van der Waals surface area contributed by atoms with Crippen LogP contribution in [0, 0.1) is 5.82 Å². The van der Waals surface area contributed by atoms with E-state index in [4.69, 9.17) is 10.5 Å². The van der Waals surface area contributed by atoms with Gasteiger partial charge in [-0.2, -0.15) is 0 Å². The van der Waals surface area contributed by atoms with E-state index < -0.39 is 17.8 Å². The molecule has 4 nitrogen and oxygen atoms in total. The number of anilines is 2. The van der Waals surface area contributed by atoms with E-state index in [9.17, 15) is 9.18 Å². The molecule has 0 fully saturated rings. The minimum atomic E-state index is -0.824. The maximum atomic E-state index is 13.6. The molecule has 0 saturated carbocycles. The van der Waals surface area contributed by atoms with Crippen molar-refractivity contribution in [1.29, 1.82) is 0 Å². The van der Waals surface area contributed by atoms with Crippen LogP contribution in [0.3, 0.4) is 0 Å². The van der Waals surface area contributed by atoms with Crippen LogP contribution in [0.25, 0.3) is 0 Å². The van der Waals surface area contributed by atoms with Gasteiger partial charge in [-0.3, -0.25) is 4.79 Å². The smallest absolute Gasteiger partial charge is 0.258 e. The van der Waals surface area contributed by atoms with Crippen LogP contribution in [-0.4, -0.2) is 13.0 Å². The first kappa shape index (κ1) is 14.0. The fraction of sp³-hybridized carbons (Fsp3) is 0.133. The number of ether oxygens (including phenoxy) is 1. The van der Waals surface area contributed by atoms with Gasteiger partial charge in [0, 0.05) is 7.11 Å². The first-order valence-electron chi connectivity index (χ1n) is 6.06. The molecule has 2 aromatic rings. The molecule has 0 saturated heterocycles. The highest BCUT2D eigenvalue weighted by molar-refractivity contribution is 5.97. The second-order valence-corrected chi connectivity index (χ2v) is 4.22. The van der Waals surface area contributed by atoms with Crippen LogP contribution in [-0.2, 0) is 9.53 Å². The third-order valence-electron chi connectivity index (χ3n) is 2.87. The number of nitrogens with one attached hydrogen (secondary N) is 1. The summed E-state index contributed by atoms with van der Waals surface area (Å²) in [5.74, 6) is -1.06. The van der Waals surface area contributed by atoms with E-state index in [1.165, 1.54) is 25.3 Å². The predicted octanol–water partition coefficient (Wildman–Crippen LogP) is 2.73. The molecule has 0 radical (unpaired) electrons. The number of amides is 1. The highest BCUT2D eigenvalue weighted by Gasteiger charge is 2.21. The maximum Gasteiger partial charge on any atom is 0.258 e. The summed E-state index contributed by atoms with van der Waals surface area (Å²) in [6, 6.07) is 13.2. The van der Waals surface area contributed by atoms with Crippen LogP contribution in [0.15, 0.2) is 48.5 Å². The molecule has 0 heterocycles. The van der Waals surface area contributed by atoms with Gasteiger partial charge in [0.15, 0.2) is 6.10 Å². The number of carbonyl (C=O) groups excluding carboxylic acids is 1. The quantitative estimate of drug-likeness (QED) is 0.842. The number of hydrogen-bond acceptors (Lipinski definition) is 3. The largest absolute Gasteiger partial charge is 0.397 e. The van der Waals surface area contributed by atoms with E-state index in [0.29, 0.717) is 5.56 Å². The summed E-state index contributed by atoms with van der Waals surface area (Å²) in [4.78, 5) is 12.2. The second-order valence-electron chi connectivity index (χ2n) is 4.22. The molecule has 1 atom stereocenters. The van der Waals surface area contributed by atoms with Crippen molar-refractivity contribution >= 4 is 17.3 Å². The van der Waals surface area contributed by atoms with Crippen molar-refractivity contribution in [2.45, 2.75) is 6.10 Å². The Morgan fingerprint density at radius 3 is 2.50 bits per heavy atom. The minimum Gasteiger partial charge on any atom is -0.397 e. The molecule has 104 valence electrons. The summed E-state index contributed by atoms with van der Waals surface area (Å²) in [6.07, 6.45) is -0.824. The highest BCUT2D eigenvalue weighted by atomic mass is 19.1. The molecular formula is C15H15FN2O2. The lowest BCUT2D eigenvalue weighted by atomic mass is 10.1. The van der Waals surface area contributed by atoms with Crippen molar-refractivity contribution in [3.8, 4) is 0 Å². The van der Waals surface area contributed by atoms with Crippen molar-refractivity contribution in [1.82, 2.24) is 0 Å². The lowest BCUT2D eigenvalue weighted by Crippen LogP contribution is -2.23. The fourth-order valence-corrected chi connectivity index (χ4v) is 1.88. The summed E-state index contributed by atoms with van der Waals surface area (Å²) in [6.45, 7) is 0. The molecule has 0 aliphatic heterocycles. The molecule has 2 aromatic carbocycles. The summed E-state index contributed by atoms with van der Waals surface area (Å²) in [5, 5.41) is 2.46. The molecule has 5 heteroatoms. The monoisotopic (exact) mass is 274 g/mol. The Kier molecular flexibility index (Phi) is 4.32. The first-order valence-corrected chi connectivity index (χ1v) is 6.06. The van der Waals surface area contributed by atoms with Gasteiger partial charge in [-0.1, -0.05) is 36.4 Å². The molecular weight excluding hydrogens is 259 g/mol. The Morgan fingerprint density at radius 1 is 1.20 bits per heavy atom. The third-order valence-corrected chi connectivity index (χ3v) is 2.87. The number of halogens is 1. The van der Waals surface area contributed by atoms with E-state index in [-0.39, 0.29) is 11.4 Å². The van der Waals surface area contributed by atoms with Crippen LogP contribution in [0.5, 0.6) is 0 Å². The van der Waals surface area contributed by atoms with E-state index in [1.807, 2.05) is 6.07 Å². The van der Waals surface area contributed by atoms with E-state index in [2.05, 4.69) is 5.32 Å². The lowest BCUT2D eigenvalue weighted by Gasteiger charge is -2.16. The van der Waals surface area contributed by atoms with E-state index >= 15 is 0 Å². The summed E-state index contributed by atoms with van der Waals surface area (Å²) >= 11 is 0. The fourth-order valence-electron chi connectivity index (χ4n) is 1.88. The Morgan fingerprint density at radius 2 is 1.90 bits per heavy atom. The number of rotatable bonds is 4. The Labute approximate surface area is 116 Å². The number of hydrogen-bond donors (Lipinski definition) is 2. The van der Waals surface area contributed by atoms with Crippen molar-refractivity contribution in [3.63, 3.8) is 0 Å². The van der Waals surface area contributed by atoms with Gasteiger partial charge >= 0.3 is 0 Å². The maximum absolute atomic E-state index is 13.6. The van der Waals surface area contributed by atoms with Gasteiger partial charge < -0.3 is 15.8 Å². The zero-order valence-corrected chi connectivity index (χ0v) is 11.0. The van der Waals surface area contributed by atoms with Gasteiger partial charge in [-0.25, -0.2) is 4.39 Å². The van der Waals surface area contributed by atoms with Crippen LogP contribution in [0.2, 0.25) is 0 Å². The SMILES string of the molecule is COC(C(=O)Nc1c(N)cccc1F)c1ccccc1. The summed E-state index contributed by atoms with van der Waals surface area (Å²) < 4.78 is 18.8. The van der Waals surface area contributed by atoms with Gasteiger partial charge in [0.25, 0.3) is 5.91 Å². The van der Waals surface area contributed by atoms with Crippen LogP contribution in [0.1, 0.15) is 11.7 Å². The zero-order valence-electron chi connectivity index (χ0n) is 11.0. The van der Waals surface area contributed by atoms with E-state index in [1.54, 1.807) is 24.3 Å². The molecule has 20 heavy (non-hydrogen) atoms. The molecule has 0 bridgehead atoms. The number of benzene rings is 2. The first-order chi connectivity index (χ1) is 9.63. The van der Waals surface area contributed by atoms with Gasteiger partial charge in [0.1, 0.15) is 11.5 Å². The second kappa shape index (κ2) is 6.16. The Hall–Kier alpha value is -2.40. The average molecular weight is 274 g/mol. The molecule has 1 amide bonds. The average Bonchev–Trinajstić information content (AvgIpc) is 2.45. The molecule has 0 aliphatic carbocycles. The number of methoxy groups -OCH3 is 1. The normalized spacial score (nSPS) is 11.9. The van der Waals surface area contributed by atoms with Gasteiger partial charge in [-0.15, -0.1) is 0 Å². The minimum absolute atomic E-state index is 0.0320. The topological polar surface area (TPSA) is 64.3 Å². The predicted molar refractivity (Wildman–Crippen MR) is 75.6 cm³/mol. The summed E-state index contributed by atoms with van der Waals surface area (Å²) in [5.41, 5.74) is 6.47. The van der Waals surface area contributed by atoms with Crippen LogP contribution in [0.4, 0.5) is 15.8 Å². The molecule has 0 aliphatic rings. The molecule has 0 aromatic heterocycles. The van der Waals surface area contributed by atoms with E-state index in [0.717, 1.165) is 0 Å². The van der Waals surface area contributed by atoms with Gasteiger partial charge in [-0.05, 0) is 17.7 Å². The Bertz CT molecular complexity index is 582. The molecule has 1 unspecified atom stereocenters. The van der Waals surface area contributed by atoms with Crippen molar-refractivity contribution in [3.05, 3.63) is 59.9 Å². The molecule has 3 N–H and O–H groups in total. The highest BCUT2D eigenvalue weighted by Crippen LogP contribution is 2.24. The Balaban J connectivity index is 2.23. The van der Waals surface area contributed by atoms with Gasteiger partial charge in [0.2, 0.25) is 0 Å². The van der Waals surface area contributed by atoms with Crippen molar-refractivity contribution in [2.24, 2.45) is 0 Å². The summed E-state index contributed by atoms with van der Waals surface area (Å²) in [7, 11) is 1.42. The van der Waals surface area contributed by atoms with Crippen LogP contribution >= 0.6 is 0 Å². The number of nitrogen functional groups attached to an aromatic ring is 1. The van der Waals surface area contributed by atoms with Crippen molar-refractivity contribution < 1.29 is 13.9 Å². The number of carbonyl (C=O) groups is 1. The van der Waals surface area contributed by atoms with Gasteiger partial charge in [0.05, 0.1) is 5.69 Å². The van der Waals surface area contributed by atoms with Crippen molar-refractivity contribution in [2.75, 3.05) is 18.2 Å². The lowest BCUT2D eigenvalue weighted by molar-refractivity contribution is -0.126. The number of nitrogens with two attached hydrogens (primary N) is 1. The zero-order chi connectivity index (χ0) is 14.5. The van der Waals surface area contributed by atoms with Crippen LogP contribution < -0.4 is 11.1 Å². The third kappa shape index (κ3) is 2.95. The molecule has 0 spiro atoms. The number of para-hydroxylation sites is 1.